The largest absolute Gasteiger partial charge is 0.507 e. The van der Waals surface area contributed by atoms with Crippen molar-refractivity contribution < 1.29 is 19.2 Å². The SMILES string of the molecule is O=C(NC(=S)Nc1ccc(-c2nc3cc(Cl)ccc3o2)c(O)c1)c1ccccc1[N+](=O)[O-]. The zero-order chi connectivity index (χ0) is 22.8. The Morgan fingerprint density at radius 1 is 1.16 bits per heavy atom. The molecule has 3 N–H and O–H groups in total. The number of thiocarbonyl (C=S) groups is 1. The molecule has 0 fully saturated rings. The van der Waals surface area contributed by atoms with Gasteiger partial charge >= 0.3 is 0 Å². The molecule has 1 aromatic heterocycles. The van der Waals surface area contributed by atoms with E-state index in [0.717, 1.165) is 0 Å². The molecule has 0 atom stereocenters. The van der Waals surface area contributed by atoms with Crippen molar-refractivity contribution in [2.24, 2.45) is 0 Å². The molecule has 1 heterocycles. The van der Waals surface area contributed by atoms with Crippen molar-refractivity contribution in [2.45, 2.75) is 0 Å². The van der Waals surface area contributed by atoms with Gasteiger partial charge in [-0.1, -0.05) is 23.7 Å². The highest BCUT2D eigenvalue weighted by molar-refractivity contribution is 7.80. The van der Waals surface area contributed by atoms with E-state index in [1.807, 2.05) is 0 Å². The summed E-state index contributed by atoms with van der Waals surface area (Å²) in [4.78, 5) is 27.1. The van der Waals surface area contributed by atoms with Crippen LogP contribution in [0.1, 0.15) is 10.4 Å². The smallest absolute Gasteiger partial charge is 0.282 e. The molecular weight excluding hydrogens is 456 g/mol. The summed E-state index contributed by atoms with van der Waals surface area (Å²) in [6, 6.07) is 15.1. The first-order chi connectivity index (χ1) is 15.3. The summed E-state index contributed by atoms with van der Waals surface area (Å²) in [6.07, 6.45) is 0. The number of phenolic OH excluding ortho intramolecular Hbond substituents is 1. The number of anilines is 1. The van der Waals surface area contributed by atoms with Crippen molar-refractivity contribution in [3.8, 4) is 17.2 Å². The summed E-state index contributed by atoms with van der Waals surface area (Å²) in [6.45, 7) is 0. The fourth-order valence-corrected chi connectivity index (χ4v) is 3.34. The average molecular weight is 469 g/mol. The van der Waals surface area contributed by atoms with E-state index in [1.54, 1.807) is 30.3 Å². The van der Waals surface area contributed by atoms with Crippen LogP contribution >= 0.6 is 23.8 Å². The maximum atomic E-state index is 12.4. The number of aromatic hydroxyl groups is 1. The highest BCUT2D eigenvalue weighted by atomic mass is 35.5. The van der Waals surface area contributed by atoms with Crippen molar-refractivity contribution >= 4 is 57.3 Å². The summed E-state index contributed by atoms with van der Waals surface area (Å²) >= 11 is 11.1. The van der Waals surface area contributed by atoms with Gasteiger partial charge in [0.2, 0.25) is 5.89 Å². The molecule has 0 aliphatic carbocycles. The molecule has 0 unspecified atom stereocenters. The van der Waals surface area contributed by atoms with Gasteiger partial charge in [-0.15, -0.1) is 0 Å². The zero-order valence-electron chi connectivity index (χ0n) is 16.0. The Balaban J connectivity index is 1.49. The molecule has 0 radical (unpaired) electrons. The van der Waals surface area contributed by atoms with Crippen LogP contribution in [0.2, 0.25) is 5.02 Å². The van der Waals surface area contributed by atoms with Gasteiger partial charge in [0, 0.05) is 22.8 Å². The third-order valence-electron chi connectivity index (χ3n) is 4.41. The van der Waals surface area contributed by atoms with Crippen LogP contribution in [-0.4, -0.2) is 26.0 Å². The lowest BCUT2D eigenvalue weighted by Gasteiger charge is -2.11. The second-order valence-electron chi connectivity index (χ2n) is 6.55. The maximum Gasteiger partial charge on any atom is 0.282 e. The topological polar surface area (TPSA) is 131 Å². The van der Waals surface area contributed by atoms with Gasteiger partial charge in [-0.05, 0) is 48.6 Å². The van der Waals surface area contributed by atoms with Crippen LogP contribution in [0.3, 0.4) is 0 Å². The number of hydrogen-bond acceptors (Lipinski definition) is 7. The maximum absolute atomic E-state index is 12.4. The Kier molecular flexibility index (Phi) is 5.71. The number of amides is 1. The van der Waals surface area contributed by atoms with Crippen LogP contribution < -0.4 is 10.6 Å². The Labute approximate surface area is 190 Å². The lowest BCUT2D eigenvalue weighted by molar-refractivity contribution is -0.385. The van der Waals surface area contributed by atoms with Gasteiger partial charge in [-0.3, -0.25) is 20.2 Å². The zero-order valence-corrected chi connectivity index (χ0v) is 17.6. The third-order valence-corrected chi connectivity index (χ3v) is 4.85. The monoisotopic (exact) mass is 468 g/mol. The first-order valence-corrected chi connectivity index (χ1v) is 9.85. The number of nitrogens with one attached hydrogen (secondary N) is 2. The standard InChI is InChI=1S/C21H13ClN4O5S/c22-11-5-8-18-15(9-11)24-20(31-18)14-7-6-12(10-17(14)27)23-21(32)25-19(28)13-3-1-2-4-16(13)26(29)30/h1-10,27H,(H2,23,25,28,32). The number of hydrogen-bond donors (Lipinski definition) is 3. The van der Waals surface area contributed by atoms with Gasteiger partial charge in [0.25, 0.3) is 11.6 Å². The molecule has 0 saturated carbocycles. The van der Waals surface area contributed by atoms with E-state index in [0.29, 0.717) is 27.4 Å². The molecule has 0 aliphatic rings. The van der Waals surface area contributed by atoms with Crippen LogP contribution in [0.5, 0.6) is 5.75 Å². The minimum Gasteiger partial charge on any atom is -0.507 e. The van der Waals surface area contributed by atoms with Crippen molar-refractivity contribution in [3.05, 3.63) is 81.4 Å². The minimum absolute atomic E-state index is 0.100. The van der Waals surface area contributed by atoms with Crippen LogP contribution in [0.15, 0.2) is 65.1 Å². The molecule has 0 saturated heterocycles. The Bertz CT molecular complexity index is 1390. The summed E-state index contributed by atoms with van der Waals surface area (Å²) in [5.74, 6) is -0.667. The lowest BCUT2D eigenvalue weighted by atomic mass is 10.1. The van der Waals surface area contributed by atoms with E-state index >= 15 is 0 Å². The minimum atomic E-state index is -0.735. The number of carbonyl (C=O) groups is 1. The molecule has 32 heavy (non-hydrogen) atoms. The number of fused-ring (bicyclic) bond motifs is 1. The van der Waals surface area contributed by atoms with E-state index in [2.05, 4.69) is 15.6 Å². The van der Waals surface area contributed by atoms with Crippen LogP contribution in [0, 0.1) is 10.1 Å². The number of nitrogens with zero attached hydrogens (tertiary/aromatic N) is 2. The van der Waals surface area contributed by atoms with Crippen molar-refractivity contribution in [2.75, 3.05) is 5.32 Å². The quantitative estimate of drug-likeness (QED) is 0.219. The molecule has 0 bridgehead atoms. The molecule has 4 aromatic rings. The molecule has 0 spiro atoms. The molecule has 1 amide bonds. The van der Waals surface area contributed by atoms with Crippen molar-refractivity contribution in [1.29, 1.82) is 0 Å². The van der Waals surface area contributed by atoms with Gasteiger partial charge in [0.15, 0.2) is 10.7 Å². The van der Waals surface area contributed by atoms with Gasteiger partial charge in [-0.25, -0.2) is 4.98 Å². The fourth-order valence-electron chi connectivity index (χ4n) is 2.96. The van der Waals surface area contributed by atoms with Gasteiger partial charge < -0.3 is 14.8 Å². The summed E-state index contributed by atoms with van der Waals surface area (Å²) in [5.41, 5.74) is 1.32. The highest BCUT2D eigenvalue weighted by Gasteiger charge is 2.20. The fraction of sp³-hybridized carbons (Fsp3) is 0. The second kappa shape index (κ2) is 8.61. The number of phenols is 1. The van der Waals surface area contributed by atoms with Crippen LogP contribution in [-0.2, 0) is 0 Å². The number of para-hydroxylation sites is 1. The summed E-state index contributed by atoms with van der Waals surface area (Å²) < 4.78 is 5.66. The van der Waals surface area contributed by atoms with E-state index in [-0.39, 0.29) is 28.0 Å². The number of rotatable bonds is 4. The molecule has 160 valence electrons. The predicted molar refractivity (Wildman–Crippen MR) is 123 cm³/mol. The number of nitro groups is 1. The van der Waals surface area contributed by atoms with Gasteiger partial charge in [-0.2, -0.15) is 0 Å². The average Bonchev–Trinajstić information content (AvgIpc) is 3.16. The first kappa shape index (κ1) is 21.2. The van der Waals surface area contributed by atoms with Crippen molar-refractivity contribution in [3.63, 3.8) is 0 Å². The Morgan fingerprint density at radius 3 is 2.69 bits per heavy atom. The molecule has 0 aliphatic heterocycles. The van der Waals surface area contributed by atoms with E-state index < -0.39 is 10.8 Å². The van der Waals surface area contributed by atoms with Crippen LogP contribution in [0.25, 0.3) is 22.6 Å². The third kappa shape index (κ3) is 4.36. The van der Waals surface area contributed by atoms with Crippen molar-refractivity contribution in [1.82, 2.24) is 10.3 Å². The number of aromatic nitrogens is 1. The molecule has 4 rings (SSSR count). The van der Waals surface area contributed by atoms with Gasteiger partial charge in [0.05, 0.1) is 10.5 Å². The summed E-state index contributed by atoms with van der Waals surface area (Å²) in [5, 5.41) is 27.1. The molecule has 11 heteroatoms. The lowest BCUT2D eigenvalue weighted by Crippen LogP contribution is -2.34. The number of benzene rings is 3. The summed E-state index contributed by atoms with van der Waals surface area (Å²) in [7, 11) is 0. The second-order valence-corrected chi connectivity index (χ2v) is 7.39. The normalized spacial score (nSPS) is 10.7. The van der Waals surface area contributed by atoms with Gasteiger partial charge in [0.1, 0.15) is 16.8 Å². The van der Waals surface area contributed by atoms with E-state index in [4.69, 9.17) is 28.2 Å². The Morgan fingerprint density at radius 2 is 1.94 bits per heavy atom. The first-order valence-electron chi connectivity index (χ1n) is 9.07. The van der Waals surface area contributed by atoms with E-state index in [9.17, 15) is 20.0 Å². The molecular formula is C21H13ClN4O5S. The molecule has 3 aromatic carbocycles. The predicted octanol–water partition coefficient (Wildman–Crippen LogP) is 4.89. The number of carbonyl (C=O) groups excluding carboxylic acids is 1. The Hall–Kier alpha value is -4.02. The number of oxazole rings is 1. The van der Waals surface area contributed by atoms with Crippen LogP contribution in [0.4, 0.5) is 11.4 Å². The number of halogens is 1. The highest BCUT2D eigenvalue weighted by Crippen LogP contribution is 2.33. The molecule has 9 nitrogen and oxygen atoms in total. The van der Waals surface area contributed by atoms with E-state index in [1.165, 1.54) is 30.3 Å². The number of nitro benzene ring substituents is 1.